The highest BCUT2D eigenvalue weighted by Gasteiger charge is 2.39. The molecule has 2 aromatic rings. The van der Waals surface area contributed by atoms with Gasteiger partial charge in [-0.15, -0.1) is 0 Å². The Morgan fingerprint density at radius 2 is 1.94 bits per heavy atom. The van der Waals surface area contributed by atoms with E-state index in [2.05, 4.69) is 19.2 Å². The molecule has 1 aliphatic rings. The fourth-order valence-corrected chi connectivity index (χ4v) is 3.54. The highest BCUT2D eigenvalue weighted by Crippen LogP contribution is 2.26. The van der Waals surface area contributed by atoms with Gasteiger partial charge in [0.1, 0.15) is 5.84 Å². The van der Waals surface area contributed by atoms with Gasteiger partial charge in [0.2, 0.25) is 0 Å². The Kier molecular flexibility index (Phi) is 7.04. The molecule has 0 radical (unpaired) electrons. The number of aliphatic hydroxyl groups is 1. The normalized spacial score (nSPS) is 17.5. The van der Waals surface area contributed by atoms with Crippen molar-refractivity contribution in [3.05, 3.63) is 59.7 Å². The molecule has 2 aromatic carbocycles. The maximum Gasteiger partial charge on any atom is 0.259 e. The van der Waals surface area contributed by atoms with E-state index in [1.165, 1.54) is 0 Å². The van der Waals surface area contributed by atoms with E-state index in [9.17, 15) is 14.7 Å². The van der Waals surface area contributed by atoms with Gasteiger partial charge in [0.05, 0.1) is 6.61 Å². The van der Waals surface area contributed by atoms with Crippen LogP contribution in [0.2, 0.25) is 0 Å². The van der Waals surface area contributed by atoms with Gasteiger partial charge >= 0.3 is 0 Å². The van der Waals surface area contributed by atoms with E-state index < -0.39 is 24.0 Å². The van der Waals surface area contributed by atoms with Crippen LogP contribution >= 0.6 is 0 Å². The molecule has 1 aliphatic heterocycles. The number of amidine groups is 1. The first-order chi connectivity index (χ1) is 14.8. The molecule has 5 N–H and O–H groups in total. The van der Waals surface area contributed by atoms with Gasteiger partial charge < -0.3 is 25.8 Å². The van der Waals surface area contributed by atoms with E-state index in [0.717, 1.165) is 17.7 Å². The molecule has 0 aromatic heterocycles. The van der Waals surface area contributed by atoms with E-state index >= 15 is 0 Å². The van der Waals surface area contributed by atoms with Crippen molar-refractivity contribution in [2.24, 2.45) is 11.7 Å². The van der Waals surface area contributed by atoms with E-state index in [1.54, 1.807) is 29.2 Å². The third-order valence-corrected chi connectivity index (χ3v) is 5.05. The number of carbonyl (C=O) groups is 2. The van der Waals surface area contributed by atoms with Crippen LogP contribution in [-0.4, -0.2) is 48.1 Å². The Labute approximate surface area is 181 Å². The summed E-state index contributed by atoms with van der Waals surface area (Å²) in [4.78, 5) is 27.2. The van der Waals surface area contributed by atoms with Crippen LogP contribution in [0.3, 0.4) is 0 Å². The number of nitrogen functional groups attached to an aromatic ring is 1. The first-order valence-electron chi connectivity index (χ1n) is 10.2. The van der Waals surface area contributed by atoms with Crippen LogP contribution in [0.25, 0.3) is 0 Å². The van der Waals surface area contributed by atoms with Crippen molar-refractivity contribution in [3.8, 4) is 0 Å². The highest BCUT2D eigenvalue weighted by atomic mass is 16.5. The minimum absolute atomic E-state index is 0.0862. The summed E-state index contributed by atoms with van der Waals surface area (Å²) in [6, 6.07) is 14.0. The Morgan fingerprint density at radius 1 is 1.26 bits per heavy atom. The molecule has 0 bridgehead atoms. The molecule has 2 amide bonds. The van der Waals surface area contributed by atoms with Crippen molar-refractivity contribution >= 4 is 29.0 Å². The SMILES string of the molecule is CC(C)Cc1ccccc1N1CCO[C@H]([C@@H](O)C(=O)Nc2ccc(C(=N)N)cc2)C1=O. The van der Waals surface area contributed by atoms with Gasteiger partial charge in [-0.1, -0.05) is 32.0 Å². The minimum Gasteiger partial charge on any atom is -0.384 e. The number of nitrogens with two attached hydrogens (primary N) is 1. The fourth-order valence-electron chi connectivity index (χ4n) is 3.54. The number of morpholine rings is 1. The van der Waals surface area contributed by atoms with Crippen molar-refractivity contribution in [2.75, 3.05) is 23.4 Å². The zero-order valence-corrected chi connectivity index (χ0v) is 17.7. The predicted molar refractivity (Wildman–Crippen MR) is 119 cm³/mol. The molecular formula is C23H28N4O4. The second-order valence-corrected chi connectivity index (χ2v) is 7.93. The molecular weight excluding hydrogens is 396 g/mol. The Hall–Kier alpha value is -3.23. The number of nitrogens with zero attached hydrogens (tertiary/aromatic N) is 1. The van der Waals surface area contributed by atoms with Crippen LogP contribution in [0, 0.1) is 11.3 Å². The maximum atomic E-state index is 13.1. The monoisotopic (exact) mass is 424 g/mol. The Balaban J connectivity index is 1.73. The first-order valence-corrected chi connectivity index (χ1v) is 10.2. The first kappa shape index (κ1) is 22.5. The van der Waals surface area contributed by atoms with Gasteiger partial charge in [-0.2, -0.15) is 0 Å². The zero-order chi connectivity index (χ0) is 22.5. The summed E-state index contributed by atoms with van der Waals surface area (Å²) in [5.74, 6) is -0.862. The number of hydrogen-bond donors (Lipinski definition) is 4. The fraction of sp³-hybridized carbons (Fsp3) is 0.348. The smallest absolute Gasteiger partial charge is 0.259 e. The number of anilines is 2. The van der Waals surface area contributed by atoms with E-state index in [4.69, 9.17) is 15.9 Å². The molecule has 8 heteroatoms. The summed E-state index contributed by atoms with van der Waals surface area (Å²) >= 11 is 0. The molecule has 1 fully saturated rings. The number of rotatable bonds is 7. The summed E-state index contributed by atoms with van der Waals surface area (Å²) < 4.78 is 5.49. The summed E-state index contributed by atoms with van der Waals surface area (Å²) in [5, 5.41) is 20.5. The summed E-state index contributed by atoms with van der Waals surface area (Å²) in [5.41, 5.74) is 8.17. The molecule has 0 saturated carbocycles. The summed E-state index contributed by atoms with van der Waals surface area (Å²) in [7, 11) is 0. The van der Waals surface area contributed by atoms with Crippen molar-refractivity contribution in [1.82, 2.24) is 0 Å². The second kappa shape index (κ2) is 9.72. The standard InChI is InChI=1S/C23H28N4O4/c1-14(2)13-16-5-3-4-6-18(16)27-11-12-31-20(23(27)30)19(28)22(29)26-17-9-7-15(8-10-17)21(24)25/h3-10,14,19-20,28H,11-13H2,1-2H3,(H3,24,25)(H,26,29)/t19-,20-/m1/s1. The number of nitrogens with one attached hydrogen (secondary N) is 2. The maximum absolute atomic E-state index is 13.1. The minimum atomic E-state index is -1.67. The van der Waals surface area contributed by atoms with Crippen molar-refractivity contribution < 1.29 is 19.4 Å². The van der Waals surface area contributed by atoms with Crippen LogP contribution in [0.15, 0.2) is 48.5 Å². The Bertz CT molecular complexity index is 958. The molecule has 0 unspecified atom stereocenters. The average molecular weight is 425 g/mol. The zero-order valence-electron chi connectivity index (χ0n) is 17.7. The molecule has 2 atom stereocenters. The third kappa shape index (κ3) is 5.28. The number of amides is 2. The Morgan fingerprint density at radius 3 is 2.58 bits per heavy atom. The van der Waals surface area contributed by atoms with Gasteiger partial charge in [0.25, 0.3) is 11.8 Å². The lowest BCUT2D eigenvalue weighted by Crippen LogP contribution is -2.55. The topological polar surface area (TPSA) is 129 Å². The number of benzene rings is 2. The molecule has 1 saturated heterocycles. The third-order valence-electron chi connectivity index (χ3n) is 5.05. The van der Waals surface area contributed by atoms with Crippen molar-refractivity contribution in [2.45, 2.75) is 32.5 Å². The van der Waals surface area contributed by atoms with Crippen molar-refractivity contribution in [1.29, 1.82) is 5.41 Å². The quantitative estimate of drug-likeness (QED) is 0.399. The highest BCUT2D eigenvalue weighted by molar-refractivity contribution is 6.04. The number of hydrogen-bond acceptors (Lipinski definition) is 5. The summed E-state index contributed by atoms with van der Waals surface area (Å²) in [6.07, 6.45) is -2.15. The predicted octanol–water partition coefficient (Wildman–Crippen LogP) is 1.90. The van der Waals surface area contributed by atoms with E-state index in [1.807, 2.05) is 24.3 Å². The number of para-hydroxylation sites is 1. The lowest BCUT2D eigenvalue weighted by molar-refractivity contribution is -0.150. The van der Waals surface area contributed by atoms with Crippen molar-refractivity contribution in [3.63, 3.8) is 0 Å². The van der Waals surface area contributed by atoms with Gasteiger partial charge in [-0.3, -0.25) is 15.0 Å². The average Bonchev–Trinajstić information content (AvgIpc) is 2.74. The van der Waals surface area contributed by atoms with Gasteiger partial charge in [0, 0.05) is 23.5 Å². The lowest BCUT2D eigenvalue weighted by Gasteiger charge is -2.35. The molecule has 8 nitrogen and oxygen atoms in total. The molecule has 0 aliphatic carbocycles. The number of ether oxygens (including phenoxy) is 1. The molecule has 164 valence electrons. The van der Waals surface area contributed by atoms with Crippen LogP contribution in [0.4, 0.5) is 11.4 Å². The van der Waals surface area contributed by atoms with Crippen LogP contribution < -0.4 is 16.0 Å². The van der Waals surface area contributed by atoms with Gasteiger partial charge in [-0.25, -0.2) is 0 Å². The van der Waals surface area contributed by atoms with Gasteiger partial charge in [0.15, 0.2) is 12.2 Å². The van der Waals surface area contributed by atoms with E-state index in [0.29, 0.717) is 23.7 Å². The van der Waals surface area contributed by atoms with Crippen LogP contribution in [0.1, 0.15) is 25.0 Å². The molecule has 3 rings (SSSR count). The van der Waals surface area contributed by atoms with Crippen LogP contribution in [-0.2, 0) is 20.7 Å². The lowest BCUT2D eigenvalue weighted by atomic mass is 9.99. The largest absolute Gasteiger partial charge is 0.384 e. The second-order valence-electron chi connectivity index (χ2n) is 7.93. The molecule has 1 heterocycles. The van der Waals surface area contributed by atoms with Crippen LogP contribution in [0.5, 0.6) is 0 Å². The number of aliphatic hydroxyl groups excluding tert-OH is 1. The van der Waals surface area contributed by atoms with Gasteiger partial charge in [-0.05, 0) is 48.2 Å². The summed E-state index contributed by atoms with van der Waals surface area (Å²) in [6.45, 7) is 4.78. The number of carbonyl (C=O) groups excluding carboxylic acids is 2. The van der Waals surface area contributed by atoms with E-state index in [-0.39, 0.29) is 12.4 Å². The molecule has 31 heavy (non-hydrogen) atoms. The molecule has 0 spiro atoms.